The molecule has 0 radical (unpaired) electrons. The summed E-state index contributed by atoms with van der Waals surface area (Å²) in [6, 6.07) is 35.0. The predicted molar refractivity (Wildman–Crippen MR) is 131 cm³/mol. The van der Waals surface area contributed by atoms with Crippen molar-refractivity contribution in [3.05, 3.63) is 103 Å². The van der Waals surface area contributed by atoms with Crippen molar-refractivity contribution in [2.75, 3.05) is 0 Å². The fraction of sp³-hybridized carbons (Fsp3) is 0.0690. The molecule has 0 saturated heterocycles. The summed E-state index contributed by atoms with van der Waals surface area (Å²) in [5.74, 6) is 3.79. The van der Waals surface area contributed by atoms with Gasteiger partial charge in [-0.3, -0.25) is 0 Å². The molecule has 4 aromatic rings. The van der Waals surface area contributed by atoms with Crippen LogP contribution >= 0.6 is 10.9 Å². The number of carbonyl (C=O) groups is 1. The molecule has 3 heteroatoms. The summed E-state index contributed by atoms with van der Waals surface area (Å²) in [7, 11) is -0.563. The molecule has 1 heterocycles. The van der Waals surface area contributed by atoms with Gasteiger partial charge in [0, 0.05) is 22.1 Å². The van der Waals surface area contributed by atoms with E-state index in [0.29, 0.717) is 6.42 Å². The van der Waals surface area contributed by atoms with Crippen LogP contribution in [-0.4, -0.2) is 11.1 Å². The number of carboxylic acids is 1. The molecule has 4 aromatic carbocycles. The third kappa shape index (κ3) is 3.93. The van der Waals surface area contributed by atoms with Gasteiger partial charge < -0.3 is 5.11 Å². The number of carboxylic acid groups (broad SMARTS) is 1. The normalized spacial score (nSPS) is 14.7. The summed E-state index contributed by atoms with van der Waals surface area (Å²) in [5.41, 5.74) is 6.26. The maximum absolute atomic E-state index is 10.5. The molecule has 1 unspecified atom stereocenters. The van der Waals surface area contributed by atoms with Crippen LogP contribution in [0.25, 0.3) is 22.3 Å². The van der Waals surface area contributed by atoms with E-state index >= 15 is 0 Å². The molecule has 1 N–H and O–H groups in total. The van der Waals surface area contributed by atoms with Gasteiger partial charge in [0.15, 0.2) is 0 Å². The summed E-state index contributed by atoms with van der Waals surface area (Å²) < 4.78 is 0. The Balaban J connectivity index is 1.47. The number of hydrogen-bond donors (Lipinski definition) is 2. The maximum atomic E-state index is 10.5. The van der Waals surface area contributed by atoms with Gasteiger partial charge in [0.25, 0.3) is 0 Å². The number of fused-ring (bicyclic) bond motifs is 3. The molecule has 0 aromatic heterocycles. The third-order valence-corrected chi connectivity index (χ3v) is 8.25. The van der Waals surface area contributed by atoms with Gasteiger partial charge >= 0.3 is 5.97 Å². The lowest BCUT2D eigenvalue weighted by atomic mass is 9.99. The maximum Gasteiger partial charge on any atom is 0.381 e. The lowest BCUT2D eigenvalue weighted by Gasteiger charge is -2.19. The van der Waals surface area contributed by atoms with Crippen LogP contribution in [-0.2, 0) is 11.2 Å². The molecule has 0 spiro atoms. The Morgan fingerprint density at radius 1 is 0.750 bits per heavy atom. The number of thiol groups is 1. The number of aliphatic carboxylic acids is 1. The monoisotopic (exact) mass is 434 g/mol. The second-order valence-electron chi connectivity index (χ2n) is 7.72. The van der Waals surface area contributed by atoms with Crippen LogP contribution in [0.1, 0.15) is 12.0 Å². The van der Waals surface area contributed by atoms with E-state index in [0.717, 1.165) is 12.0 Å². The highest BCUT2D eigenvalue weighted by Crippen LogP contribution is 2.62. The topological polar surface area (TPSA) is 37.3 Å². The Bertz CT molecular complexity index is 1350. The molecular formula is C29H22O2S. The molecule has 2 nitrogen and oxygen atoms in total. The number of hydrogen-bond acceptors (Lipinski definition) is 1. The second-order valence-corrected chi connectivity index (χ2v) is 9.87. The molecule has 32 heavy (non-hydrogen) atoms. The van der Waals surface area contributed by atoms with Crippen LogP contribution in [0.5, 0.6) is 0 Å². The van der Waals surface area contributed by atoms with Gasteiger partial charge in [0.2, 0.25) is 0 Å². The van der Waals surface area contributed by atoms with Crippen LogP contribution in [0.2, 0.25) is 0 Å². The fourth-order valence-electron chi connectivity index (χ4n) is 4.21. The zero-order valence-corrected chi connectivity index (χ0v) is 18.3. The van der Waals surface area contributed by atoms with Crippen molar-refractivity contribution in [1.29, 1.82) is 0 Å². The second kappa shape index (κ2) is 8.78. The fourth-order valence-corrected chi connectivity index (χ4v) is 6.88. The Hall–Kier alpha value is -3.74. The standard InChI is InChI=1S/C29H22O2S/c30-29(31)13-7-4-8-21-14-16-22(17-15-21)23-18-19-26-25-11-5-6-12-27(25)32(28(26)20-23)24-9-2-1-3-10-24/h1-3,5-6,9-12,14-20,32H,4,8H2,(H,30,31). The van der Waals surface area contributed by atoms with Gasteiger partial charge in [0.05, 0.1) is 0 Å². The first-order valence-electron chi connectivity index (χ1n) is 10.6. The minimum Gasteiger partial charge on any atom is -0.472 e. The number of benzene rings is 4. The molecule has 0 fully saturated rings. The van der Waals surface area contributed by atoms with Crippen molar-refractivity contribution in [2.24, 2.45) is 0 Å². The first kappa shape index (κ1) is 20.2. The Morgan fingerprint density at radius 3 is 2.22 bits per heavy atom. The van der Waals surface area contributed by atoms with E-state index in [4.69, 9.17) is 5.11 Å². The Kier molecular flexibility index (Phi) is 5.54. The van der Waals surface area contributed by atoms with E-state index in [9.17, 15) is 4.79 Å². The average Bonchev–Trinajstić information content (AvgIpc) is 3.16. The van der Waals surface area contributed by atoms with E-state index in [2.05, 4.69) is 109 Å². The van der Waals surface area contributed by atoms with Crippen molar-refractivity contribution in [1.82, 2.24) is 0 Å². The number of rotatable bonds is 4. The summed E-state index contributed by atoms with van der Waals surface area (Å²) in [6.07, 6.45) is 1.30. The van der Waals surface area contributed by atoms with Crippen molar-refractivity contribution in [3.8, 4) is 34.1 Å². The van der Waals surface area contributed by atoms with Gasteiger partial charge in [-0.25, -0.2) is 4.79 Å². The lowest BCUT2D eigenvalue weighted by molar-refractivity contribution is -0.130. The molecule has 1 aliphatic rings. The van der Waals surface area contributed by atoms with Crippen LogP contribution in [0.4, 0.5) is 0 Å². The van der Waals surface area contributed by atoms with Crippen molar-refractivity contribution in [2.45, 2.75) is 27.5 Å². The van der Waals surface area contributed by atoms with Gasteiger partial charge in [-0.2, -0.15) is 10.9 Å². The lowest BCUT2D eigenvalue weighted by Crippen LogP contribution is -1.88. The van der Waals surface area contributed by atoms with Gasteiger partial charge in [-0.1, -0.05) is 78.7 Å². The van der Waals surface area contributed by atoms with Crippen molar-refractivity contribution < 1.29 is 9.90 Å². The summed E-state index contributed by atoms with van der Waals surface area (Å²) >= 11 is 0. The van der Waals surface area contributed by atoms with E-state index in [-0.39, 0.29) is 0 Å². The molecule has 156 valence electrons. The summed E-state index contributed by atoms with van der Waals surface area (Å²) in [4.78, 5) is 14.7. The average molecular weight is 435 g/mol. The molecule has 1 atom stereocenters. The molecule has 5 rings (SSSR count). The molecular weight excluding hydrogens is 412 g/mol. The van der Waals surface area contributed by atoms with Crippen LogP contribution in [0.3, 0.4) is 0 Å². The smallest absolute Gasteiger partial charge is 0.381 e. The van der Waals surface area contributed by atoms with Crippen LogP contribution in [0.15, 0.2) is 112 Å². The van der Waals surface area contributed by atoms with Gasteiger partial charge in [0.1, 0.15) is 0 Å². The Labute approximate surface area is 190 Å². The quantitative estimate of drug-likeness (QED) is 0.240. The first-order chi connectivity index (χ1) is 15.7. The van der Waals surface area contributed by atoms with Gasteiger partial charge in [-0.15, -0.1) is 0 Å². The van der Waals surface area contributed by atoms with E-state index in [1.165, 1.54) is 36.9 Å². The molecule has 0 aliphatic carbocycles. The largest absolute Gasteiger partial charge is 0.472 e. The molecule has 0 amide bonds. The zero-order chi connectivity index (χ0) is 21.9. The van der Waals surface area contributed by atoms with Crippen molar-refractivity contribution in [3.63, 3.8) is 0 Å². The molecule has 0 bridgehead atoms. The highest BCUT2D eigenvalue weighted by atomic mass is 32.2. The van der Waals surface area contributed by atoms with Gasteiger partial charge in [-0.05, 0) is 63.4 Å². The van der Waals surface area contributed by atoms with Crippen LogP contribution < -0.4 is 0 Å². The highest BCUT2D eigenvalue weighted by Gasteiger charge is 2.27. The van der Waals surface area contributed by atoms with E-state index < -0.39 is 16.9 Å². The number of aryl methyl sites for hydroxylation is 1. The van der Waals surface area contributed by atoms with E-state index in [1.54, 1.807) is 0 Å². The van der Waals surface area contributed by atoms with Crippen molar-refractivity contribution >= 4 is 16.9 Å². The minimum atomic E-state index is -1.07. The molecule has 0 saturated carbocycles. The third-order valence-electron chi connectivity index (χ3n) is 5.71. The zero-order valence-electron chi connectivity index (χ0n) is 17.5. The summed E-state index contributed by atoms with van der Waals surface area (Å²) in [5, 5.41) is 8.62. The van der Waals surface area contributed by atoms with E-state index in [1.807, 2.05) is 0 Å². The minimum absolute atomic E-state index is 0.546. The van der Waals surface area contributed by atoms with Crippen LogP contribution in [0, 0.1) is 11.8 Å². The molecule has 1 aliphatic heterocycles. The highest BCUT2D eigenvalue weighted by molar-refractivity contribution is 8.17. The predicted octanol–water partition coefficient (Wildman–Crippen LogP) is 6.83. The SMILES string of the molecule is O=C(O)C#CCCc1ccc(-c2ccc3c(c2)[SH](c2ccccc2)c2ccccc2-3)cc1. The first-order valence-corrected chi connectivity index (χ1v) is 11.9. The Morgan fingerprint density at radius 2 is 1.44 bits per heavy atom. The summed E-state index contributed by atoms with van der Waals surface area (Å²) in [6.45, 7) is 0.